The molecule has 0 heterocycles. The molecule has 0 spiro atoms. The second-order valence-electron chi connectivity index (χ2n) is 5.54. The van der Waals surface area contributed by atoms with Crippen molar-refractivity contribution in [3.63, 3.8) is 0 Å². The minimum absolute atomic E-state index is 0.238. The van der Waals surface area contributed by atoms with Crippen LogP contribution in [0.1, 0.15) is 24.0 Å². The molecule has 0 atom stereocenters. The van der Waals surface area contributed by atoms with Gasteiger partial charge < -0.3 is 5.32 Å². The van der Waals surface area contributed by atoms with Crippen LogP contribution in [0.25, 0.3) is 11.1 Å². The van der Waals surface area contributed by atoms with Crippen molar-refractivity contribution in [3.05, 3.63) is 58.1 Å². The normalized spacial score (nSPS) is 14.5. The maximum Gasteiger partial charge on any atom is 0.131 e. The third-order valence-corrected chi connectivity index (χ3v) is 4.12. The van der Waals surface area contributed by atoms with Crippen molar-refractivity contribution >= 4 is 11.6 Å². The summed E-state index contributed by atoms with van der Waals surface area (Å²) in [6.45, 7) is 2.25. The van der Waals surface area contributed by atoms with E-state index in [1.165, 1.54) is 25.0 Å². The number of hydrogen-bond donors (Lipinski definition) is 1. The van der Waals surface area contributed by atoms with Crippen LogP contribution >= 0.6 is 11.6 Å². The molecular formula is C17H16ClF2N. The highest BCUT2D eigenvalue weighted by Crippen LogP contribution is 2.30. The largest absolute Gasteiger partial charge is 0.310 e. The molecule has 0 radical (unpaired) electrons. The average molecular weight is 308 g/mol. The molecule has 2 aromatic carbocycles. The predicted octanol–water partition coefficient (Wildman–Crippen LogP) is 4.85. The van der Waals surface area contributed by atoms with E-state index in [1.54, 1.807) is 19.1 Å². The molecule has 1 aliphatic carbocycles. The number of nitrogens with one attached hydrogen (secondary N) is 1. The summed E-state index contributed by atoms with van der Waals surface area (Å²) in [7, 11) is 0. The van der Waals surface area contributed by atoms with Gasteiger partial charge in [0.1, 0.15) is 11.6 Å². The molecule has 4 heteroatoms. The first kappa shape index (κ1) is 14.5. The molecule has 1 aliphatic rings. The molecule has 1 fully saturated rings. The van der Waals surface area contributed by atoms with Gasteiger partial charge in [-0.25, -0.2) is 8.78 Å². The van der Waals surface area contributed by atoms with E-state index >= 15 is 0 Å². The van der Waals surface area contributed by atoms with E-state index in [4.69, 9.17) is 11.6 Å². The lowest BCUT2D eigenvalue weighted by Crippen LogP contribution is -2.15. The Morgan fingerprint density at radius 1 is 1.14 bits per heavy atom. The predicted molar refractivity (Wildman–Crippen MR) is 81.4 cm³/mol. The van der Waals surface area contributed by atoms with Crippen molar-refractivity contribution in [2.45, 2.75) is 32.4 Å². The molecular weight excluding hydrogens is 292 g/mol. The Kier molecular flexibility index (Phi) is 3.96. The first-order valence-corrected chi connectivity index (χ1v) is 7.40. The quantitative estimate of drug-likeness (QED) is 0.852. The average Bonchev–Trinajstić information content (AvgIpc) is 3.25. The molecule has 1 nitrogen and oxygen atoms in total. The molecule has 110 valence electrons. The zero-order chi connectivity index (χ0) is 15.0. The second-order valence-corrected chi connectivity index (χ2v) is 5.95. The Bertz CT molecular complexity index is 681. The van der Waals surface area contributed by atoms with E-state index in [-0.39, 0.29) is 5.56 Å². The maximum atomic E-state index is 14.0. The fraction of sp³-hybridized carbons (Fsp3) is 0.294. The molecule has 3 rings (SSSR count). The summed E-state index contributed by atoms with van der Waals surface area (Å²) in [5.41, 5.74) is 2.10. The smallest absolute Gasteiger partial charge is 0.131 e. The summed E-state index contributed by atoms with van der Waals surface area (Å²) in [6, 6.07) is 8.37. The molecule has 21 heavy (non-hydrogen) atoms. The van der Waals surface area contributed by atoms with Crippen LogP contribution in [-0.4, -0.2) is 6.04 Å². The highest BCUT2D eigenvalue weighted by molar-refractivity contribution is 6.31. The zero-order valence-electron chi connectivity index (χ0n) is 11.7. The van der Waals surface area contributed by atoms with Gasteiger partial charge in [0.15, 0.2) is 0 Å². The molecule has 2 aromatic rings. The van der Waals surface area contributed by atoms with Gasteiger partial charge in [-0.3, -0.25) is 0 Å². The van der Waals surface area contributed by atoms with Crippen LogP contribution in [0.2, 0.25) is 5.02 Å². The number of aryl methyl sites for hydroxylation is 1. The molecule has 0 unspecified atom stereocenters. The highest BCUT2D eigenvalue weighted by Gasteiger charge is 2.20. The summed E-state index contributed by atoms with van der Waals surface area (Å²) in [5.74, 6) is -0.851. The Morgan fingerprint density at radius 3 is 2.57 bits per heavy atom. The number of rotatable bonds is 4. The molecule has 0 aromatic heterocycles. The molecule has 1 N–H and O–H groups in total. The van der Waals surface area contributed by atoms with Gasteiger partial charge in [-0.2, -0.15) is 0 Å². The van der Waals surface area contributed by atoms with Crippen molar-refractivity contribution in [2.24, 2.45) is 0 Å². The van der Waals surface area contributed by atoms with E-state index in [2.05, 4.69) is 5.32 Å². The fourth-order valence-corrected chi connectivity index (χ4v) is 2.51. The van der Waals surface area contributed by atoms with Crippen molar-refractivity contribution in [1.82, 2.24) is 5.32 Å². The minimum atomic E-state index is -0.436. The summed E-state index contributed by atoms with van der Waals surface area (Å²) in [4.78, 5) is 0. The molecule has 1 saturated carbocycles. The summed E-state index contributed by atoms with van der Waals surface area (Å²) in [5, 5.41) is 3.95. The Hall–Kier alpha value is -1.45. The van der Waals surface area contributed by atoms with Gasteiger partial charge in [0.2, 0.25) is 0 Å². The van der Waals surface area contributed by atoms with E-state index in [0.29, 0.717) is 28.7 Å². The van der Waals surface area contributed by atoms with Crippen molar-refractivity contribution in [1.29, 1.82) is 0 Å². The van der Waals surface area contributed by atoms with E-state index in [1.807, 2.05) is 6.07 Å². The van der Waals surface area contributed by atoms with Crippen molar-refractivity contribution in [2.75, 3.05) is 0 Å². The van der Waals surface area contributed by atoms with E-state index < -0.39 is 11.6 Å². The summed E-state index contributed by atoms with van der Waals surface area (Å²) in [6.07, 6.45) is 2.42. The second kappa shape index (κ2) is 5.74. The topological polar surface area (TPSA) is 12.0 Å². The van der Waals surface area contributed by atoms with Crippen LogP contribution in [-0.2, 0) is 6.54 Å². The van der Waals surface area contributed by atoms with Crippen molar-refractivity contribution in [3.8, 4) is 11.1 Å². The van der Waals surface area contributed by atoms with Crippen LogP contribution in [0, 0.1) is 18.6 Å². The summed E-state index contributed by atoms with van der Waals surface area (Å²) >= 11 is 6.25. The molecule has 0 aliphatic heterocycles. The number of halogens is 3. The Morgan fingerprint density at radius 2 is 1.90 bits per heavy atom. The van der Waals surface area contributed by atoms with Gasteiger partial charge >= 0.3 is 0 Å². The monoisotopic (exact) mass is 307 g/mol. The van der Waals surface area contributed by atoms with Crippen molar-refractivity contribution < 1.29 is 8.78 Å². The molecule has 0 saturated heterocycles. The first-order valence-electron chi connectivity index (χ1n) is 7.02. The summed E-state index contributed by atoms with van der Waals surface area (Å²) < 4.78 is 27.6. The fourth-order valence-electron chi connectivity index (χ4n) is 2.27. The lowest BCUT2D eigenvalue weighted by Gasteiger charge is -2.10. The Labute approximate surface area is 127 Å². The third-order valence-electron chi connectivity index (χ3n) is 3.77. The highest BCUT2D eigenvalue weighted by atomic mass is 35.5. The molecule has 0 bridgehead atoms. The van der Waals surface area contributed by atoms with Crippen LogP contribution < -0.4 is 5.32 Å². The first-order chi connectivity index (χ1) is 10.0. The number of benzene rings is 2. The van der Waals surface area contributed by atoms with E-state index in [0.717, 1.165) is 5.56 Å². The lowest BCUT2D eigenvalue weighted by atomic mass is 10.0. The SMILES string of the molecule is Cc1cc(F)c(-c2ccc(CNC3CC3)c(Cl)c2)cc1F. The maximum absolute atomic E-state index is 14.0. The van der Waals surface area contributed by atoms with Gasteiger partial charge in [-0.15, -0.1) is 0 Å². The number of hydrogen-bond acceptors (Lipinski definition) is 1. The minimum Gasteiger partial charge on any atom is -0.310 e. The lowest BCUT2D eigenvalue weighted by molar-refractivity contribution is 0.595. The van der Waals surface area contributed by atoms with Gasteiger partial charge in [0.05, 0.1) is 0 Å². The van der Waals surface area contributed by atoms with Crippen LogP contribution in [0.3, 0.4) is 0 Å². The Balaban J connectivity index is 1.88. The van der Waals surface area contributed by atoms with Gasteiger partial charge in [0, 0.05) is 23.2 Å². The standard InChI is InChI=1S/C17H16ClF2N/c1-10-6-17(20)14(8-16(10)19)11-2-3-12(15(18)7-11)9-21-13-4-5-13/h2-3,6-8,13,21H,4-5,9H2,1H3. The van der Waals surface area contributed by atoms with E-state index in [9.17, 15) is 8.78 Å². The van der Waals surface area contributed by atoms with Crippen LogP contribution in [0.5, 0.6) is 0 Å². The third kappa shape index (κ3) is 3.25. The van der Waals surface area contributed by atoms with Crippen LogP contribution in [0.15, 0.2) is 30.3 Å². The van der Waals surface area contributed by atoms with Crippen LogP contribution in [0.4, 0.5) is 8.78 Å². The van der Waals surface area contributed by atoms with Gasteiger partial charge in [0.25, 0.3) is 0 Å². The van der Waals surface area contributed by atoms with Gasteiger partial charge in [-0.05, 0) is 54.7 Å². The van der Waals surface area contributed by atoms with Gasteiger partial charge in [-0.1, -0.05) is 23.7 Å². The zero-order valence-corrected chi connectivity index (χ0v) is 12.5. The molecule has 0 amide bonds.